The van der Waals surface area contributed by atoms with E-state index in [0.29, 0.717) is 41.1 Å². The van der Waals surface area contributed by atoms with Crippen molar-refractivity contribution in [3.8, 4) is 5.69 Å². The summed E-state index contributed by atoms with van der Waals surface area (Å²) in [5, 5.41) is 8.46. The largest absolute Gasteiger partial charge is 0.346 e. The van der Waals surface area contributed by atoms with E-state index in [9.17, 15) is 4.79 Å². The minimum atomic E-state index is -0.177. The Kier molecular flexibility index (Phi) is 6.26. The highest BCUT2D eigenvalue weighted by atomic mass is 35.5. The summed E-state index contributed by atoms with van der Waals surface area (Å²) < 4.78 is 1.58. The monoisotopic (exact) mass is 464 g/mol. The van der Waals surface area contributed by atoms with Crippen LogP contribution in [-0.2, 0) is 6.42 Å². The van der Waals surface area contributed by atoms with Crippen LogP contribution in [0.15, 0.2) is 23.6 Å². The van der Waals surface area contributed by atoms with Crippen LogP contribution in [0.4, 0.5) is 5.13 Å². The summed E-state index contributed by atoms with van der Waals surface area (Å²) in [4.78, 5) is 26.3. The summed E-state index contributed by atoms with van der Waals surface area (Å²) in [7, 11) is 0. The standard InChI is InChI=1S/C20H22Cl2N6OS/c1-3-16-24-18(25-28(16)17-14(21)6-4-7-15(17)22)19(29)26-8-5-9-27(11-10-26)20-23-13(2)12-30-20/h4,6-7,12H,3,5,8-11H2,1-2H3. The van der Waals surface area contributed by atoms with E-state index < -0.39 is 0 Å². The van der Waals surface area contributed by atoms with Crippen LogP contribution < -0.4 is 4.90 Å². The number of carbonyl (C=O) groups is 1. The second-order valence-electron chi connectivity index (χ2n) is 7.09. The maximum absolute atomic E-state index is 13.2. The number of halogens is 2. The molecule has 1 fully saturated rings. The number of para-hydroxylation sites is 1. The van der Waals surface area contributed by atoms with Crippen LogP contribution in [0, 0.1) is 6.92 Å². The summed E-state index contributed by atoms with van der Waals surface area (Å²) in [5.41, 5.74) is 1.57. The molecule has 10 heteroatoms. The third-order valence-corrected chi connectivity index (χ3v) is 6.62. The molecule has 0 N–H and O–H groups in total. The van der Waals surface area contributed by atoms with Crippen LogP contribution in [0.3, 0.4) is 0 Å². The first kappa shape index (κ1) is 21.1. The fraction of sp³-hybridized carbons (Fsp3) is 0.400. The molecule has 0 spiro atoms. The minimum absolute atomic E-state index is 0.168. The van der Waals surface area contributed by atoms with E-state index >= 15 is 0 Å². The third kappa shape index (κ3) is 4.17. The molecule has 4 rings (SSSR count). The summed E-state index contributed by atoms with van der Waals surface area (Å²) in [6.07, 6.45) is 1.46. The van der Waals surface area contributed by atoms with E-state index in [4.69, 9.17) is 23.2 Å². The lowest BCUT2D eigenvalue weighted by Crippen LogP contribution is -2.35. The van der Waals surface area contributed by atoms with Gasteiger partial charge in [0.15, 0.2) is 5.13 Å². The number of amides is 1. The molecule has 3 aromatic rings. The van der Waals surface area contributed by atoms with Crippen molar-refractivity contribution < 1.29 is 4.79 Å². The average Bonchev–Trinajstić information content (AvgIpc) is 3.26. The van der Waals surface area contributed by atoms with E-state index in [1.165, 1.54) is 0 Å². The Morgan fingerprint density at radius 3 is 2.57 bits per heavy atom. The fourth-order valence-electron chi connectivity index (χ4n) is 3.47. The second kappa shape index (κ2) is 8.91. The number of carbonyl (C=O) groups excluding carboxylic acids is 1. The molecule has 158 valence electrons. The smallest absolute Gasteiger partial charge is 0.293 e. The molecule has 30 heavy (non-hydrogen) atoms. The normalized spacial score (nSPS) is 14.8. The Balaban J connectivity index is 1.56. The molecular formula is C20H22Cl2N6OS. The zero-order chi connectivity index (χ0) is 21.3. The van der Waals surface area contributed by atoms with Gasteiger partial charge in [-0.15, -0.1) is 16.4 Å². The number of anilines is 1. The van der Waals surface area contributed by atoms with Gasteiger partial charge in [0.05, 0.1) is 15.7 Å². The number of nitrogens with zero attached hydrogens (tertiary/aromatic N) is 6. The summed E-state index contributed by atoms with van der Waals surface area (Å²) >= 11 is 14.3. The quantitative estimate of drug-likeness (QED) is 0.576. The van der Waals surface area contributed by atoms with Gasteiger partial charge in [0.2, 0.25) is 5.82 Å². The maximum atomic E-state index is 13.2. The van der Waals surface area contributed by atoms with E-state index in [1.807, 2.05) is 24.1 Å². The van der Waals surface area contributed by atoms with Crippen LogP contribution >= 0.6 is 34.5 Å². The highest BCUT2D eigenvalue weighted by Gasteiger charge is 2.26. The maximum Gasteiger partial charge on any atom is 0.293 e. The fourth-order valence-corrected chi connectivity index (χ4v) is 4.89. The molecule has 1 amide bonds. The Morgan fingerprint density at radius 1 is 1.13 bits per heavy atom. The first-order valence-electron chi connectivity index (χ1n) is 9.84. The summed E-state index contributed by atoms with van der Waals surface area (Å²) in [6, 6.07) is 5.26. The van der Waals surface area contributed by atoms with Gasteiger partial charge in [-0.05, 0) is 25.5 Å². The summed E-state index contributed by atoms with van der Waals surface area (Å²) in [6.45, 7) is 6.80. The minimum Gasteiger partial charge on any atom is -0.346 e. The first-order valence-corrected chi connectivity index (χ1v) is 11.5. The van der Waals surface area contributed by atoms with Crippen molar-refractivity contribution in [3.05, 3.63) is 51.0 Å². The lowest BCUT2D eigenvalue weighted by molar-refractivity contribution is 0.0755. The number of aromatic nitrogens is 4. The van der Waals surface area contributed by atoms with Crippen LogP contribution in [-0.4, -0.2) is 56.7 Å². The molecule has 1 aliphatic heterocycles. The predicted octanol–water partition coefficient (Wildman–Crippen LogP) is 4.25. The molecule has 1 aliphatic rings. The van der Waals surface area contributed by atoms with Gasteiger partial charge in [-0.3, -0.25) is 4.79 Å². The van der Waals surface area contributed by atoms with Gasteiger partial charge in [-0.2, -0.15) is 0 Å². The lowest BCUT2D eigenvalue weighted by atomic mass is 10.3. The number of rotatable bonds is 4. The lowest BCUT2D eigenvalue weighted by Gasteiger charge is -2.20. The molecule has 7 nitrogen and oxygen atoms in total. The molecule has 1 saturated heterocycles. The first-order chi connectivity index (χ1) is 14.5. The molecule has 0 unspecified atom stereocenters. The van der Waals surface area contributed by atoms with Crippen molar-refractivity contribution in [2.75, 3.05) is 31.1 Å². The molecule has 0 aliphatic carbocycles. The van der Waals surface area contributed by atoms with Crippen LogP contribution in [0.25, 0.3) is 5.69 Å². The van der Waals surface area contributed by atoms with E-state index in [0.717, 1.165) is 30.3 Å². The van der Waals surface area contributed by atoms with Gasteiger partial charge in [-0.25, -0.2) is 14.6 Å². The van der Waals surface area contributed by atoms with E-state index in [-0.39, 0.29) is 11.7 Å². The van der Waals surface area contributed by atoms with Crippen LogP contribution in [0.5, 0.6) is 0 Å². The molecule has 2 aromatic heterocycles. The number of aryl methyl sites for hydroxylation is 2. The van der Waals surface area contributed by atoms with E-state index in [2.05, 4.69) is 20.0 Å². The van der Waals surface area contributed by atoms with Gasteiger partial charge in [0.1, 0.15) is 11.5 Å². The van der Waals surface area contributed by atoms with Gasteiger partial charge in [-0.1, -0.05) is 36.2 Å². The highest BCUT2D eigenvalue weighted by Crippen LogP contribution is 2.29. The topological polar surface area (TPSA) is 67.2 Å². The van der Waals surface area contributed by atoms with Gasteiger partial charge in [0.25, 0.3) is 5.91 Å². The van der Waals surface area contributed by atoms with Gasteiger partial charge < -0.3 is 9.80 Å². The van der Waals surface area contributed by atoms with Crippen molar-refractivity contribution in [3.63, 3.8) is 0 Å². The molecule has 0 radical (unpaired) electrons. The van der Waals surface area contributed by atoms with Crippen LogP contribution in [0.2, 0.25) is 10.0 Å². The molecular weight excluding hydrogens is 443 g/mol. The molecule has 3 heterocycles. The van der Waals surface area contributed by atoms with Crippen molar-refractivity contribution >= 4 is 45.6 Å². The molecule has 0 bridgehead atoms. The zero-order valence-electron chi connectivity index (χ0n) is 16.8. The van der Waals surface area contributed by atoms with Crippen molar-refractivity contribution in [1.29, 1.82) is 0 Å². The highest BCUT2D eigenvalue weighted by molar-refractivity contribution is 7.13. The second-order valence-corrected chi connectivity index (χ2v) is 8.74. The number of hydrogen-bond acceptors (Lipinski definition) is 6. The number of hydrogen-bond donors (Lipinski definition) is 0. The summed E-state index contributed by atoms with van der Waals surface area (Å²) in [5.74, 6) is 0.633. The predicted molar refractivity (Wildman–Crippen MR) is 120 cm³/mol. The Labute approximate surface area is 189 Å². The van der Waals surface area contributed by atoms with Gasteiger partial charge in [0, 0.05) is 38.0 Å². The average molecular weight is 465 g/mol. The Morgan fingerprint density at radius 2 is 1.90 bits per heavy atom. The van der Waals surface area contributed by atoms with E-state index in [1.54, 1.807) is 34.2 Å². The SMILES string of the molecule is CCc1nc(C(=O)N2CCCN(c3nc(C)cs3)CC2)nn1-c1c(Cl)cccc1Cl. The Bertz CT molecular complexity index is 1050. The zero-order valence-corrected chi connectivity index (χ0v) is 19.1. The van der Waals surface area contributed by atoms with Crippen molar-refractivity contribution in [2.45, 2.75) is 26.7 Å². The Hall–Kier alpha value is -2.16. The number of thiazole rings is 1. The molecule has 0 atom stereocenters. The van der Waals surface area contributed by atoms with Crippen molar-refractivity contribution in [1.82, 2.24) is 24.6 Å². The van der Waals surface area contributed by atoms with Gasteiger partial charge >= 0.3 is 0 Å². The van der Waals surface area contributed by atoms with Crippen LogP contribution in [0.1, 0.15) is 35.5 Å². The molecule has 0 saturated carbocycles. The molecule has 1 aromatic carbocycles. The number of benzene rings is 1. The third-order valence-electron chi connectivity index (χ3n) is 4.99. The van der Waals surface area contributed by atoms with Crippen molar-refractivity contribution in [2.24, 2.45) is 0 Å².